The lowest BCUT2D eigenvalue weighted by molar-refractivity contribution is 0.199. The highest BCUT2D eigenvalue weighted by molar-refractivity contribution is 5.47. The Labute approximate surface area is 96.9 Å². The van der Waals surface area contributed by atoms with Gasteiger partial charge in [-0.25, -0.2) is 0 Å². The summed E-state index contributed by atoms with van der Waals surface area (Å²) < 4.78 is 0. The fraction of sp³-hybridized carbons (Fsp3) is 0.462. The van der Waals surface area contributed by atoms with Gasteiger partial charge in [0.25, 0.3) is 0 Å². The molecule has 1 rings (SSSR count). The molecule has 1 aromatic rings. The van der Waals surface area contributed by atoms with Crippen molar-refractivity contribution in [2.75, 3.05) is 18.0 Å². The van der Waals surface area contributed by atoms with Crippen LogP contribution in [0.15, 0.2) is 24.3 Å². The summed E-state index contributed by atoms with van der Waals surface area (Å²) in [4.78, 5) is 2.15. The first-order valence-corrected chi connectivity index (χ1v) is 5.59. The van der Waals surface area contributed by atoms with E-state index in [0.29, 0.717) is 6.42 Å². The second-order valence-corrected chi connectivity index (χ2v) is 3.76. The van der Waals surface area contributed by atoms with Crippen LogP contribution >= 0.6 is 0 Å². The smallest absolute Gasteiger partial charge is 0.0761 e. The number of benzene rings is 1. The number of nitrogens with zero attached hydrogens (tertiary/aromatic N) is 2. The van der Waals surface area contributed by atoms with Crippen molar-refractivity contribution in [3.63, 3.8) is 0 Å². The number of nitriles is 1. The molecule has 86 valence electrons. The van der Waals surface area contributed by atoms with E-state index in [1.807, 2.05) is 24.3 Å². The van der Waals surface area contributed by atoms with Gasteiger partial charge in [-0.1, -0.05) is 12.1 Å². The maximum Gasteiger partial charge on any atom is 0.0761 e. The van der Waals surface area contributed by atoms with Gasteiger partial charge in [0.05, 0.1) is 18.6 Å². The zero-order valence-electron chi connectivity index (χ0n) is 9.85. The van der Waals surface area contributed by atoms with E-state index in [4.69, 9.17) is 5.26 Å². The third-order valence-corrected chi connectivity index (χ3v) is 2.62. The molecule has 0 aliphatic rings. The monoisotopic (exact) mass is 218 g/mol. The van der Waals surface area contributed by atoms with Gasteiger partial charge in [0.2, 0.25) is 0 Å². The Hall–Kier alpha value is -1.53. The van der Waals surface area contributed by atoms with Crippen LogP contribution in [0.4, 0.5) is 5.69 Å². The molecule has 0 saturated heterocycles. The summed E-state index contributed by atoms with van der Waals surface area (Å²) >= 11 is 0. The predicted octanol–water partition coefficient (Wildman–Crippen LogP) is 2.48. The molecule has 0 spiro atoms. The maximum absolute atomic E-state index is 9.40. The van der Waals surface area contributed by atoms with E-state index in [1.165, 1.54) is 0 Å². The Morgan fingerprint density at radius 2 is 2.00 bits per heavy atom. The highest BCUT2D eigenvalue weighted by Crippen LogP contribution is 2.19. The average molecular weight is 218 g/mol. The van der Waals surface area contributed by atoms with E-state index in [-0.39, 0.29) is 0 Å². The molecule has 0 aliphatic heterocycles. The molecule has 3 heteroatoms. The minimum Gasteiger partial charge on any atom is -0.389 e. The second kappa shape index (κ2) is 6.14. The van der Waals surface area contributed by atoms with E-state index < -0.39 is 6.10 Å². The number of aliphatic hydroxyl groups excluding tert-OH is 1. The molecule has 0 bridgehead atoms. The van der Waals surface area contributed by atoms with E-state index >= 15 is 0 Å². The Morgan fingerprint density at radius 1 is 1.38 bits per heavy atom. The molecular weight excluding hydrogens is 200 g/mol. The first kappa shape index (κ1) is 12.5. The summed E-state index contributed by atoms with van der Waals surface area (Å²) in [5.74, 6) is 0. The zero-order chi connectivity index (χ0) is 12.0. The molecule has 0 aliphatic carbocycles. The van der Waals surface area contributed by atoms with Gasteiger partial charge in [0, 0.05) is 18.8 Å². The molecule has 1 N–H and O–H groups in total. The number of hydrogen-bond acceptors (Lipinski definition) is 3. The molecule has 0 amide bonds. The van der Waals surface area contributed by atoms with Crippen LogP contribution in [0.2, 0.25) is 0 Å². The summed E-state index contributed by atoms with van der Waals surface area (Å²) in [6.45, 7) is 5.46. The van der Waals surface area contributed by atoms with Crippen molar-refractivity contribution >= 4 is 5.69 Å². The van der Waals surface area contributed by atoms with Gasteiger partial charge in [-0.2, -0.15) is 5.26 Å². The minimum atomic E-state index is -0.428. The van der Waals surface area contributed by atoms with Gasteiger partial charge in [-0.3, -0.25) is 0 Å². The maximum atomic E-state index is 9.40. The van der Waals surface area contributed by atoms with Crippen LogP contribution in [0.25, 0.3) is 0 Å². The topological polar surface area (TPSA) is 47.3 Å². The molecule has 1 aromatic carbocycles. The van der Waals surface area contributed by atoms with Crippen molar-refractivity contribution in [3.05, 3.63) is 29.8 Å². The number of rotatable bonds is 5. The van der Waals surface area contributed by atoms with Crippen LogP contribution in [0.1, 0.15) is 31.9 Å². The lowest BCUT2D eigenvalue weighted by Crippen LogP contribution is -2.23. The molecule has 1 atom stereocenters. The van der Waals surface area contributed by atoms with Gasteiger partial charge in [0.15, 0.2) is 0 Å². The first-order chi connectivity index (χ1) is 7.69. The van der Waals surface area contributed by atoms with E-state index in [1.54, 1.807) is 6.92 Å². The highest BCUT2D eigenvalue weighted by Gasteiger charge is 2.05. The van der Waals surface area contributed by atoms with E-state index in [0.717, 1.165) is 24.3 Å². The molecule has 0 heterocycles. The number of hydrogen-bond donors (Lipinski definition) is 1. The second-order valence-electron chi connectivity index (χ2n) is 3.76. The molecule has 3 nitrogen and oxygen atoms in total. The van der Waals surface area contributed by atoms with Gasteiger partial charge >= 0.3 is 0 Å². The van der Waals surface area contributed by atoms with Crippen molar-refractivity contribution in [1.29, 1.82) is 5.26 Å². The van der Waals surface area contributed by atoms with Gasteiger partial charge in [0.1, 0.15) is 0 Å². The van der Waals surface area contributed by atoms with E-state index in [2.05, 4.69) is 17.9 Å². The van der Waals surface area contributed by atoms with Crippen LogP contribution in [-0.4, -0.2) is 18.2 Å². The Kier molecular flexibility index (Phi) is 4.81. The van der Waals surface area contributed by atoms with Crippen LogP contribution in [-0.2, 0) is 0 Å². The molecule has 0 radical (unpaired) electrons. The fourth-order valence-corrected chi connectivity index (χ4v) is 1.62. The third kappa shape index (κ3) is 3.25. The molecule has 16 heavy (non-hydrogen) atoms. The summed E-state index contributed by atoms with van der Waals surface area (Å²) in [6, 6.07) is 9.98. The minimum absolute atomic E-state index is 0.428. The molecule has 0 aromatic heterocycles. The molecular formula is C13H18N2O. The summed E-state index contributed by atoms with van der Waals surface area (Å²) in [7, 11) is 0. The van der Waals surface area contributed by atoms with Gasteiger partial charge < -0.3 is 10.0 Å². The third-order valence-electron chi connectivity index (χ3n) is 2.62. The summed E-state index contributed by atoms with van der Waals surface area (Å²) in [5.41, 5.74) is 2.02. The largest absolute Gasteiger partial charge is 0.389 e. The normalized spacial score (nSPS) is 11.9. The van der Waals surface area contributed by atoms with Crippen molar-refractivity contribution in [2.45, 2.75) is 26.4 Å². The lowest BCUT2D eigenvalue weighted by Gasteiger charge is -2.22. The van der Waals surface area contributed by atoms with Crippen LogP contribution in [0.3, 0.4) is 0 Å². The quantitative estimate of drug-likeness (QED) is 0.826. The fourth-order valence-electron chi connectivity index (χ4n) is 1.62. The van der Waals surface area contributed by atoms with Crippen molar-refractivity contribution < 1.29 is 5.11 Å². The number of anilines is 1. The van der Waals surface area contributed by atoms with Crippen LogP contribution in [0, 0.1) is 11.3 Å². The molecule has 1 unspecified atom stereocenters. The standard InChI is InChI=1S/C13H18N2O/c1-3-15(10-4-9-14)13-7-5-12(6-8-13)11(2)16/h5-8,11,16H,3-4,10H2,1-2H3. The van der Waals surface area contributed by atoms with Gasteiger partial charge in [-0.15, -0.1) is 0 Å². The van der Waals surface area contributed by atoms with Gasteiger partial charge in [-0.05, 0) is 31.5 Å². The lowest BCUT2D eigenvalue weighted by atomic mass is 10.1. The average Bonchev–Trinajstić information content (AvgIpc) is 2.30. The first-order valence-electron chi connectivity index (χ1n) is 5.59. The highest BCUT2D eigenvalue weighted by atomic mass is 16.3. The zero-order valence-corrected chi connectivity index (χ0v) is 9.85. The molecule has 0 fully saturated rings. The van der Waals surface area contributed by atoms with Crippen molar-refractivity contribution in [1.82, 2.24) is 0 Å². The number of aliphatic hydroxyl groups is 1. The van der Waals surface area contributed by atoms with Crippen molar-refractivity contribution in [2.24, 2.45) is 0 Å². The molecule has 0 saturated carbocycles. The Bertz CT molecular complexity index is 351. The SMILES string of the molecule is CCN(CCC#N)c1ccc(C(C)O)cc1. The van der Waals surface area contributed by atoms with Crippen LogP contribution in [0.5, 0.6) is 0 Å². The Balaban J connectivity index is 2.75. The predicted molar refractivity (Wildman–Crippen MR) is 65.2 cm³/mol. The Morgan fingerprint density at radius 3 is 2.44 bits per heavy atom. The van der Waals surface area contributed by atoms with Crippen LogP contribution < -0.4 is 4.90 Å². The summed E-state index contributed by atoms with van der Waals surface area (Å²) in [6.07, 6.45) is 0.106. The van der Waals surface area contributed by atoms with E-state index in [9.17, 15) is 5.11 Å². The van der Waals surface area contributed by atoms with Crippen molar-refractivity contribution in [3.8, 4) is 6.07 Å². The summed E-state index contributed by atoms with van der Waals surface area (Å²) in [5, 5.41) is 18.0.